The van der Waals surface area contributed by atoms with Crippen molar-refractivity contribution < 1.29 is 18.7 Å². The van der Waals surface area contributed by atoms with E-state index in [1.165, 1.54) is 0 Å². The monoisotopic (exact) mass is 409 g/mol. The van der Waals surface area contributed by atoms with E-state index in [2.05, 4.69) is 9.88 Å². The fourth-order valence-electron chi connectivity index (χ4n) is 3.57. The van der Waals surface area contributed by atoms with Gasteiger partial charge in [0.2, 0.25) is 5.91 Å². The van der Waals surface area contributed by atoms with Crippen LogP contribution in [0, 0.1) is 5.92 Å². The average molecular weight is 410 g/mol. The maximum Gasteiger partial charge on any atom is 0.298 e. The normalized spacial score (nSPS) is 17.2. The van der Waals surface area contributed by atoms with Crippen molar-refractivity contribution in [2.75, 3.05) is 58.5 Å². The molecule has 0 aliphatic carbocycles. The second-order valence-electron chi connectivity index (χ2n) is 7.13. The van der Waals surface area contributed by atoms with Crippen LogP contribution in [0.15, 0.2) is 22.6 Å². The number of benzene rings is 1. The zero-order chi connectivity index (χ0) is 19.9. The maximum atomic E-state index is 12.8. The number of methoxy groups -OCH3 is 2. The third kappa shape index (κ3) is 5.37. The van der Waals surface area contributed by atoms with Gasteiger partial charge in [-0.3, -0.25) is 4.79 Å². The molecular formula is C20H28ClN3O4. The van der Waals surface area contributed by atoms with Crippen molar-refractivity contribution in [1.29, 1.82) is 0 Å². The number of ether oxygens (including phenoxy) is 2. The molecule has 0 bridgehead atoms. The molecule has 1 aliphatic rings. The summed E-state index contributed by atoms with van der Waals surface area (Å²) in [6.07, 6.45) is 2.54. The highest BCUT2D eigenvalue weighted by molar-refractivity contribution is 6.31. The summed E-state index contributed by atoms with van der Waals surface area (Å²) >= 11 is 6.03. The van der Waals surface area contributed by atoms with Crippen molar-refractivity contribution in [3.05, 3.63) is 23.2 Å². The van der Waals surface area contributed by atoms with Crippen LogP contribution in [0.5, 0.6) is 0 Å². The van der Waals surface area contributed by atoms with Gasteiger partial charge in [-0.15, -0.1) is 0 Å². The largest absolute Gasteiger partial charge is 0.423 e. The highest BCUT2D eigenvalue weighted by atomic mass is 35.5. The van der Waals surface area contributed by atoms with Crippen molar-refractivity contribution >= 4 is 34.6 Å². The van der Waals surface area contributed by atoms with Gasteiger partial charge in [-0.1, -0.05) is 11.6 Å². The van der Waals surface area contributed by atoms with Crippen LogP contribution in [-0.4, -0.2) is 69.4 Å². The van der Waals surface area contributed by atoms with E-state index in [1.54, 1.807) is 20.3 Å². The fraction of sp³-hybridized carbons (Fsp3) is 0.600. The first kappa shape index (κ1) is 20.9. The van der Waals surface area contributed by atoms with Crippen LogP contribution in [0.25, 0.3) is 11.1 Å². The summed E-state index contributed by atoms with van der Waals surface area (Å²) in [6, 6.07) is 6.05. The highest BCUT2D eigenvalue weighted by Crippen LogP contribution is 2.29. The SMILES string of the molecule is COCCN(CCOC)C(=O)CC1CCCN(c2nc3ccc(Cl)cc3o2)C1. The summed E-state index contributed by atoms with van der Waals surface area (Å²) < 4.78 is 16.2. The van der Waals surface area contributed by atoms with E-state index in [9.17, 15) is 4.79 Å². The van der Waals surface area contributed by atoms with Crippen LogP contribution in [0.4, 0.5) is 6.01 Å². The van der Waals surface area contributed by atoms with E-state index in [0.717, 1.165) is 31.4 Å². The number of fused-ring (bicyclic) bond motifs is 1. The Bertz CT molecular complexity index is 774. The van der Waals surface area contributed by atoms with Crippen molar-refractivity contribution in [2.45, 2.75) is 19.3 Å². The third-order valence-electron chi connectivity index (χ3n) is 5.08. The molecule has 1 fully saturated rings. The molecule has 1 aromatic heterocycles. The Morgan fingerprint density at radius 2 is 2.07 bits per heavy atom. The number of carbonyl (C=O) groups excluding carboxylic acids is 1. The first-order chi connectivity index (χ1) is 13.6. The fourth-order valence-corrected chi connectivity index (χ4v) is 3.73. The zero-order valence-electron chi connectivity index (χ0n) is 16.5. The lowest BCUT2D eigenvalue weighted by Gasteiger charge is -2.32. The summed E-state index contributed by atoms with van der Waals surface area (Å²) in [6.45, 7) is 3.86. The lowest BCUT2D eigenvalue weighted by molar-refractivity contribution is -0.133. The molecule has 0 radical (unpaired) electrons. The number of piperidine rings is 1. The Hall–Kier alpha value is -1.83. The average Bonchev–Trinajstić information content (AvgIpc) is 3.11. The molecule has 3 rings (SSSR count). The summed E-state index contributed by atoms with van der Waals surface area (Å²) in [4.78, 5) is 21.3. The molecule has 1 aromatic carbocycles. The van der Waals surface area contributed by atoms with Crippen LogP contribution < -0.4 is 4.90 Å². The molecule has 0 N–H and O–H groups in total. The van der Waals surface area contributed by atoms with E-state index in [0.29, 0.717) is 49.3 Å². The van der Waals surface area contributed by atoms with Gasteiger partial charge in [0.05, 0.1) is 13.2 Å². The van der Waals surface area contributed by atoms with Gasteiger partial charge < -0.3 is 23.7 Å². The van der Waals surface area contributed by atoms with Gasteiger partial charge in [-0.2, -0.15) is 4.98 Å². The third-order valence-corrected chi connectivity index (χ3v) is 5.31. The number of rotatable bonds is 9. The van der Waals surface area contributed by atoms with Crippen molar-refractivity contribution in [2.24, 2.45) is 5.92 Å². The first-order valence-electron chi connectivity index (χ1n) is 9.67. The second kappa shape index (κ2) is 10.1. The number of halogens is 1. The van der Waals surface area contributed by atoms with Crippen molar-refractivity contribution in [1.82, 2.24) is 9.88 Å². The quantitative estimate of drug-likeness (QED) is 0.633. The summed E-state index contributed by atoms with van der Waals surface area (Å²) in [7, 11) is 3.29. The molecule has 1 amide bonds. The number of anilines is 1. The van der Waals surface area contributed by atoms with E-state index < -0.39 is 0 Å². The van der Waals surface area contributed by atoms with E-state index in [-0.39, 0.29) is 11.8 Å². The van der Waals surface area contributed by atoms with Gasteiger partial charge in [0.1, 0.15) is 5.52 Å². The summed E-state index contributed by atoms with van der Waals surface area (Å²) in [5.41, 5.74) is 1.48. The molecule has 0 spiro atoms. The number of aromatic nitrogens is 1. The number of amides is 1. The van der Waals surface area contributed by atoms with Gasteiger partial charge in [-0.25, -0.2) is 0 Å². The van der Waals surface area contributed by atoms with E-state index in [4.69, 9.17) is 25.5 Å². The Kier molecular flexibility index (Phi) is 7.53. The maximum absolute atomic E-state index is 12.8. The molecule has 1 aliphatic heterocycles. The molecule has 7 nitrogen and oxygen atoms in total. The minimum atomic E-state index is 0.144. The molecule has 0 saturated carbocycles. The molecule has 1 atom stereocenters. The van der Waals surface area contributed by atoms with Gasteiger partial charge in [0.25, 0.3) is 6.01 Å². The zero-order valence-corrected chi connectivity index (χ0v) is 17.3. The number of oxazole rings is 1. The molecule has 154 valence electrons. The minimum Gasteiger partial charge on any atom is -0.423 e. The molecule has 2 aromatic rings. The second-order valence-corrected chi connectivity index (χ2v) is 7.57. The predicted molar refractivity (Wildman–Crippen MR) is 109 cm³/mol. The van der Waals surface area contributed by atoms with E-state index >= 15 is 0 Å². The van der Waals surface area contributed by atoms with Gasteiger partial charge in [0.15, 0.2) is 5.58 Å². The standard InChI is InChI=1S/C20H28ClN3O4/c1-26-10-8-23(9-11-27-2)19(25)12-15-4-3-7-24(14-15)20-22-17-6-5-16(21)13-18(17)28-20/h5-6,13,15H,3-4,7-12,14H2,1-2H3. The smallest absolute Gasteiger partial charge is 0.298 e. The van der Waals surface area contributed by atoms with E-state index in [1.807, 2.05) is 17.0 Å². The Labute approximate surface area is 170 Å². The Morgan fingerprint density at radius 1 is 1.32 bits per heavy atom. The van der Waals surface area contributed by atoms with Crippen LogP contribution in [-0.2, 0) is 14.3 Å². The Balaban J connectivity index is 1.62. The topological polar surface area (TPSA) is 68.0 Å². The molecule has 1 saturated heterocycles. The van der Waals surface area contributed by atoms with Crippen molar-refractivity contribution in [3.63, 3.8) is 0 Å². The predicted octanol–water partition coefficient (Wildman–Crippen LogP) is 3.21. The molecule has 28 heavy (non-hydrogen) atoms. The minimum absolute atomic E-state index is 0.144. The summed E-state index contributed by atoms with van der Waals surface area (Å²) in [5, 5.41) is 0.629. The van der Waals surface area contributed by atoms with Crippen LogP contribution >= 0.6 is 11.6 Å². The first-order valence-corrected chi connectivity index (χ1v) is 10.0. The van der Waals surface area contributed by atoms with Gasteiger partial charge in [0, 0.05) is 57.9 Å². The van der Waals surface area contributed by atoms with Gasteiger partial charge >= 0.3 is 0 Å². The lowest BCUT2D eigenvalue weighted by Crippen LogP contribution is -2.41. The van der Waals surface area contributed by atoms with Crippen LogP contribution in [0.1, 0.15) is 19.3 Å². The number of hydrogen-bond donors (Lipinski definition) is 0. The number of carbonyl (C=O) groups is 1. The van der Waals surface area contributed by atoms with Crippen LogP contribution in [0.3, 0.4) is 0 Å². The molecular weight excluding hydrogens is 382 g/mol. The molecule has 1 unspecified atom stereocenters. The number of hydrogen-bond acceptors (Lipinski definition) is 6. The lowest BCUT2D eigenvalue weighted by atomic mass is 9.94. The van der Waals surface area contributed by atoms with Crippen molar-refractivity contribution in [3.8, 4) is 0 Å². The highest BCUT2D eigenvalue weighted by Gasteiger charge is 2.27. The molecule has 8 heteroatoms. The number of nitrogens with zero attached hydrogens (tertiary/aromatic N) is 3. The van der Waals surface area contributed by atoms with Crippen LogP contribution in [0.2, 0.25) is 5.02 Å². The van der Waals surface area contributed by atoms with Gasteiger partial charge in [-0.05, 0) is 30.9 Å². The summed E-state index contributed by atoms with van der Waals surface area (Å²) in [5.74, 6) is 0.415. The molecule has 2 heterocycles. The Morgan fingerprint density at radius 3 is 2.79 bits per heavy atom.